The van der Waals surface area contributed by atoms with Crippen LogP contribution in [0.3, 0.4) is 0 Å². The molecule has 1 aliphatic carbocycles. The number of rotatable bonds is 4. The molecule has 0 amide bonds. The molecule has 4 nitrogen and oxygen atoms in total. The predicted octanol–water partition coefficient (Wildman–Crippen LogP) is 2.56. The minimum absolute atomic E-state index is 0.162. The number of hydrogen-bond donors (Lipinski definition) is 2. The quantitative estimate of drug-likeness (QED) is 0.897. The molecule has 1 fully saturated rings. The monoisotopic (exact) mass is 296 g/mol. The van der Waals surface area contributed by atoms with Crippen molar-refractivity contribution >= 4 is 10.0 Å². The molecule has 1 aromatic rings. The van der Waals surface area contributed by atoms with Crippen molar-refractivity contribution < 1.29 is 8.42 Å². The van der Waals surface area contributed by atoms with Crippen molar-refractivity contribution in [1.82, 2.24) is 5.32 Å². The van der Waals surface area contributed by atoms with Gasteiger partial charge in [-0.1, -0.05) is 32.4 Å². The van der Waals surface area contributed by atoms with Gasteiger partial charge in [-0.25, -0.2) is 13.6 Å². The number of sulfonamides is 1. The van der Waals surface area contributed by atoms with Crippen molar-refractivity contribution in [3.63, 3.8) is 0 Å². The topological polar surface area (TPSA) is 72.2 Å². The molecule has 5 heteroatoms. The van der Waals surface area contributed by atoms with Gasteiger partial charge in [-0.05, 0) is 42.9 Å². The Bertz CT molecular complexity index is 564. The second-order valence-corrected chi connectivity index (χ2v) is 8.00. The van der Waals surface area contributed by atoms with Gasteiger partial charge in [0, 0.05) is 12.1 Å². The van der Waals surface area contributed by atoms with E-state index in [1.54, 1.807) is 12.1 Å². The van der Waals surface area contributed by atoms with Gasteiger partial charge in [0.05, 0.1) is 4.90 Å². The largest absolute Gasteiger partial charge is 0.307 e. The summed E-state index contributed by atoms with van der Waals surface area (Å²) >= 11 is 0. The standard InChI is InChI=1S/C15H24N2O2S/c1-11(17-14-5-4-10-15(14,2)3)12-6-8-13(9-7-12)20(16,18)19/h6-9,11,14,17H,4-5,10H2,1-3H3,(H2,16,18,19). The Morgan fingerprint density at radius 3 is 2.35 bits per heavy atom. The van der Waals surface area contributed by atoms with Gasteiger partial charge in [-0.3, -0.25) is 0 Å². The summed E-state index contributed by atoms with van der Waals surface area (Å²) in [4.78, 5) is 0.162. The van der Waals surface area contributed by atoms with Crippen molar-refractivity contribution in [2.24, 2.45) is 10.6 Å². The molecule has 0 spiro atoms. The zero-order valence-corrected chi connectivity index (χ0v) is 13.2. The van der Waals surface area contributed by atoms with E-state index in [2.05, 4.69) is 26.1 Å². The average molecular weight is 296 g/mol. The predicted molar refractivity (Wildman–Crippen MR) is 80.8 cm³/mol. The van der Waals surface area contributed by atoms with Gasteiger partial charge in [0.15, 0.2) is 0 Å². The van der Waals surface area contributed by atoms with Crippen LogP contribution < -0.4 is 10.5 Å². The first-order valence-electron chi connectivity index (χ1n) is 7.09. The third-order valence-electron chi connectivity index (χ3n) is 4.42. The molecule has 0 radical (unpaired) electrons. The van der Waals surface area contributed by atoms with E-state index in [4.69, 9.17) is 5.14 Å². The lowest BCUT2D eigenvalue weighted by Crippen LogP contribution is -2.39. The molecule has 0 aromatic heterocycles. The van der Waals surface area contributed by atoms with Gasteiger partial charge >= 0.3 is 0 Å². The number of benzene rings is 1. The fourth-order valence-corrected chi connectivity index (χ4v) is 3.50. The van der Waals surface area contributed by atoms with Crippen LogP contribution in [0.2, 0.25) is 0 Å². The first-order chi connectivity index (χ1) is 9.20. The Morgan fingerprint density at radius 2 is 1.90 bits per heavy atom. The maximum absolute atomic E-state index is 11.2. The van der Waals surface area contributed by atoms with Crippen LogP contribution in [0.4, 0.5) is 0 Å². The van der Waals surface area contributed by atoms with Crippen LogP contribution in [0.15, 0.2) is 29.2 Å². The molecule has 0 bridgehead atoms. The summed E-state index contributed by atoms with van der Waals surface area (Å²) in [6.07, 6.45) is 3.72. The zero-order valence-electron chi connectivity index (χ0n) is 12.4. The van der Waals surface area contributed by atoms with E-state index < -0.39 is 10.0 Å². The van der Waals surface area contributed by atoms with Crippen LogP contribution >= 0.6 is 0 Å². The van der Waals surface area contributed by atoms with E-state index in [1.807, 2.05) is 12.1 Å². The van der Waals surface area contributed by atoms with Gasteiger partial charge in [-0.2, -0.15) is 0 Å². The highest BCUT2D eigenvalue weighted by molar-refractivity contribution is 7.89. The van der Waals surface area contributed by atoms with Gasteiger partial charge in [0.2, 0.25) is 10.0 Å². The minimum Gasteiger partial charge on any atom is -0.307 e. The van der Waals surface area contributed by atoms with E-state index in [9.17, 15) is 8.42 Å². The zero-order chi connectivity index (χ0) is 15.0. The lowest BCUT2D eigenvalue weighted by atomic mass is 9.86. The number of primary sulfonamides is 1. The summed E-state index contributed by atoms with van der Waals surface area (Å²) in [5.74, 6) is 0. The van der Waals surface area contributed by atoms with E-state index in [0.717, 1.165) is 5.56 Å². The Kier molecular flexibility index (Phi) is 4.23. The maximum atomic E-state index is 11.2. The van der Waals surface area contributed by atoms with E-state index in [-0.39, 0.29) is 10.9 Å². The van der Waals surface area contributed by atoms with Crippen LogP contribution in [-0.4, -0.2) is 14.5 Å². The van der Waals surface area contributed by atoms with Crippen LogP contribution in [0.25, 0.3) is 0 Å². The summed E-state index contributed by atoms with van der Waals surface area (Å²) < 4.78 is 22.5. The second-order valence-electron chi connectivity index (χ2n) is 6.44. The molecule has 2 rings (SSSR count). The summed E-state index contributed by atoms with van der Waals surface area (Å²) in [7, 11) is -3.61. The first kappa shape index (κ1) is 15.5. The van der Waals surface area contributed by atoms with Crippen LogP contribution in [0.1, 0.15) is 51.6 Å². The van der Waals surface area contributed by atoms with E-state index in [0.29, 0.717) is 11.5 Å². The summed E-state index contributed by atoms with van der Waals surface area (Å²) in [5.41, 5.74) is 1.41. The van der Waals surface area contributed by atoms with Gasteiger partial charge < -0.3 is 5.32 Å². The molecule has 112 valence electrons. The molecule has 2 unspecified atom stereocenters. The molecule has 0 saturated heterocycles. The van der Waals surface area contributed by atoms with E-state index >= 15 is 0 Å². The van der Waals surface area contributed by atoms with Gasteiger partial charge in [-0.15, -0.1) is 0 Å². The Balaban J connectivity index is 2.08. The van der Waals surface area contributed by atoms with Crippen molar-refractivity contribution in [2.75, 3.05) is 0 Å². The highest BCUT2D eigenvalue weighted by Crippen LogP contribution is 2.38. The van der Waals surface area contributed by atoms with Crippen molar-refractivity contribution in [3.8, 4) is 0 Å². The first-order valence-corrected chi connectivity index (χ1v) is 8.63. The molecule has 1 aliphatic rings. The maximum Gasteiger partial charge on any atom is 0.238 e. The average Bonchev–Trinajstić information content (AvgIpc) is 2.68. The van der Waals surface area contributed by atoms with Crippen molar-refractivity contribution in [2.45, 2.75) is 57.0 Å². The molecule has 1 aromatic carbocycles. The molecule has 0 heterocycles. The number of hydrogen-bond acceptors (Lipinski definition) is 3. The van der Waals surface area contributed by atoms with Crippen LogP contribution in [-0.2, 0) is 10.0 Å². The molecular formula is C15H24N2O2S. The van der Waals surface area contributed by atoms with Crippen molar-refractivity contribution in [1.29, 1.82) is 0 Å². The third kappa shape index (κ3) is 3.40. The third-order valence-corrected chi connectivity index (χ3v) is 5.35. The van der Waals surface area contributed by atoms with Crippen molar-refractivity contribution in [3.05, 3.63) is 29.8 Å². The summed E-state index contributed by atoms with van der Waals surface area (Å²) in [6.45, 7) is 6.71. The molecular weight excluding hydrogens is 272 g/mol. The molecule has 1 saturated carbocycles. The Labute approximate surface area is 121 Å². The highest BCUT2D eigenvalue weighted by Gasteiger charge is 2.34. The molecule has 3 N–H and O–H groups in total. The smallest absolute Gasteiger partial charge is 0.238 e. The lowest BCUT2D eigenvalue weighted by molar-refractivity contribution is 0.266. The molecule has 20 heavy (non-hydrogen) atoms. The van der Waals surface area contributed by atoms with Gasteiger partial charge in [0.25, 0.3) is 0 Å². The second kappa shape index (κ2) is 5.47. The number of nitrogens with two attached hydrogens (primary N) is 1. The highest BCUT2D eigenvalue weighted by atomic mass is 32.2. The van der Waals surface area contributed by atoms with E-state index in [1.165, 1.54) is 19.3 Å². The fraction of sp³-hybridized carbons (Fsp3) is 0.600. The minimum atomic E-state index is -3.61. The van der Waals surface area contributed by atoms with Crippen LogP contribution in [0, 0.1) is 5.41 Å². The lowest BCUT2D eigenvalue weighted by Gasteiger charge is -2.31. The summed E-state index contributed by atoms with van der Waals surface area (Å²) in [5, 5.41) is 8.77. The van der Waals surface area contributed by atoms with Gasteiger partial charge in [0.1, 0.15) is 0 Å². The normalized spacial score (nSPS) is 23.7. The van der Waals surface area contributed by atoms with Crippen LogP contribution in [0.5, 0.6) is 0 Å². The molecule has 2 atom stereocenters. The number of nitrogens with one attached hydrogen (secondary N) is 1. The SMILES string of the molecule is CC(NC1CCCC1(C)C)c1ccc(S(N)(=O)=O)cc1. The fourth-order valence-electron chi connectivity index (χ4n) is 2.98. The molecule has 0 aliphatic heterocycles. The summed E-state index contributed by atoms with van der Waals surface area (Å²) in [6, 6.07) is 7.52. The Morgan fingerprint density at radius 1 is 1.30 bits per heavy atom. The Hall–Kier alpha value is -0.910.